The summed E-state index contributed by atoms with van der Waals surface area (Å²) in [6, 6.07) is 20.4. The maximum atomic E-state index is 12.9. The topological polar surface area (TPSA) is 106 Å². The first-order valence-corrected chi connectivity index (χ1v) is 15.1. The number of carbonyl (C=O) groups excluding carboxylic acids is 3. The van der Waals surface area contributed by atoms with E-state index in [-0.39, 0.29) is 18.1 Å². The van der Waals surface area contributed by atoms with Gasteiger partial charge in [0.1, 0.15) is 17.5 Å². The predicted octanol–water partition coefficient (Wildman–Crippen LogP) is 7.28. The largest absolute Gasteiger partial charge is 0.444 e. The minimum atomic E-state index is -4.56. The highest BCUT2D eigenvalue weighted by atomic mass is 19.4. The number of benzene rings is 3. The molecule has 3 amide bonds. The number of carbonyl (C=O) groups is 3. The van der Waals surface area contributed by atoms with Crippen LogP contribution in [-0.4, -0.2) is 44.2 Å². The van der Waals surface area contributed by atoms with E-state index in [1.807, 2.05) is 63.2 Å². The summed E-state index contributed by atoms with van der Waals surface area (Å²) in [6.07, 6.45) is -2.95. The number of ether oxygens (including phenoxy) is 1. The molecule has 2 heterocycles. The van der Waals surface area contributed by atoms with Crippen LogP contribution in [0.1, 0.15) is 66.7 Å². The molecule has 12 heteroatoms. The van der Waals surface area contributed by atoms with Crippen LogP contribution in [0.5, 0.6) is 0 Å². The van der Waals surface area contributed by atoms with E-state index in [9.17, 15) is 27.6 Å². The predicted molar refractivity (Wildman–Crippen MR) is 172 cm³/mol. The van der Waals surface area contributed by atoms with Gasteiger partial charge in [-0.1, -0.05) is 55.5 Å². The van der Waals surface area contributed by atoms with Gasteiger partial charge in [-0.25, -0.2) is 9.48 Å². The summed E-state index contributed by atoms with van der Waals surface area (Å²) in [4.78, 5) is 38.9. The number of hydrogen-bond donors (Lipinski definition) is 2. The van der Waals surface area contributed by atoms with Crippen molar-refractivity contribution in [2.45, 2.75) is 71.9 Å². The summed E-state index contributed by atoms with van der Waals surface area (Å²) in [5.41, 5.74) is 2.36. The fraction of sp³-hybridized carbons (Fsp3) is 0.314. The molecule has 1 unspecified atom stereocenters. The molecule has 5 rings (SSSR count). The summed E-state index contributed by atoms with van der Waals surface area (Å²) in [5.74, 6) is -0.812. The van der Waals surface area contributed by atoms with E-state index >= 15 is 0 Å². The first kappa shape index (κ1) is 34.7. The summed E-state index contributed by atoms with van der Waals surface area (Å²) >= 11 is 0. The Labute approximate surface area is 271 Å². The molecule has 1 aliphatic heterocycles. The molecule has 0 fully saturated rings. The van der Waals surface area contributed by atoms with E-state index < -0.39 is 35.2 Å². The van der Waals surface area contributed by atoms with E-state index in [2.05, 4.69) is 27.9 Å². The lowest BCUT2D eigenvalue weighted by atomic mass is 10.1. The average molecular weight is 650 g/mol. The number of fused-ring (bicyclic) bond motifs is 1. The number of halogens is 3. The van der Waals surface area contributed by atoms with Crippen LogP contribution in [-0.2, 0) is 28.8 Å². The van der Waals surface area contributed by atoms with Crippen LogP contribution < -0.4 is 10.6 Å². The fourth-order valence-electron chi connectivity index (χ4n) is 4.77. The van der Waals surface area contributed by atoms with Gasteiger partial charge in [0.25, 0.3) is 5.91 Å². The monoisotopic (exact) mass is 649 g/mol. The van der Waals surface area contributed by atoms with Crippen molar-refractivity contribution in [3.05, 3.63) is 113 Å². The minimum absolute atomic E-state index is 0.174. The van der Waals surface area contributed by atoms with Crippen LogP contribution in [0.2, 0.25) is 0 Å². The zero-order valence-corrected chi connectivity index (χ0v) is 26.9. The third kappa shape index (κ3) is 9.21. The van der Waals surface area contributed by atoms with Crippen LogP contribution in [0.15, 0.2) is 85.1 Å². The van der Waals surface area contributed by atoms with E-state index in [0.717, 1.165) is 29.4 Å². The molecule has 4 aromatic rings. The number of amides is 3. The van der Waals surface area contributed by atoms with Gasteiger partial charge in [-0.15, -0.1) is 0 Å². The summed E-state index contributed by atoms with van der Waals surface area (Å²) in [5, 5.41) is 9.55. The lowest BCUT2D eigenvalue weighted by Gasteiger charge is -2.24. The highest BCUT2D eigenvalue weighted by Gasteiger charge is 2.31. The van der Waals surface area contributed by atoms with Gasteiger partial charge in [0, 0.05) is 24.2 Å². The van der Waals surface area contributed by atoms with Gasteiger partial charge in [0.2, 0.25) is 5.91 Å². The Balaban J connectivity index is 0.000000261. The van der Waals surface area contributed by atoms with Crippen LogP contribution in [0.25, 0.3) is 5.69 Å². The third-order valence-electron chi connectivity index (χ3n) is 7.17. The first-order chi connectivity index (χ1) is 22.2. The Kier molecular flexibility index (Phi) is 10.7. The maximum Gasteiger partial charge on any atom is 0.416 e. The first-order valence-electron chi connectivity index (χ1n) is 15.1. The van der Waals surface area contributed by atoms with E-state index in [4.69, 9.17) is 4.74 Å². The Morgan fingerprint density at radius 3 is 2.11 bits per heavy atom. The van der Waals surface area contributed by atoms with Gasteiger partial charge < -0.3 is 15.4 Å². The maximum absolute atomic E-state index is 12.9. The Hall–Kier alpha value is -5.13. The van der Waals surface area contributed by atoms with Crippen molar-refractivity contribution < 1.29 is 32.3 Å². The summed E-state index contributed by atoms with van der Waals surface area (Å²) in [7, 11) is 0. The molecule has 0 saturated heterocycles. The number of hydrogen-bond acceptors (Lipinski definition) is 5. The van der Waals surface area contributed by atoms with Gasteiger partial charge in [-0.05, 0) is 75.6 Å². The number of nitrogens with zero attached hydrogens (tertiary/aromatic N) is 3. The summed E-state index contributed by atoms with van der Waals surface area (Å²) in [6.45, 7) is 10.4. The van der Waals surface area contributed by atoms with Crippen molar-refractivity contribution >= 4 is 23.7 Å². The molecule has 47 heavy (non-hydrogen) atoms. The zero-order valence-electron chi connectivity index (χ0n) is 26.9. The molecule has 1 aliphatic rings. The molecule has 0 radical (unpaired) electrons. The molecule has 0 aliphatic carbocycles. The van der Waals surface area contributed by atoms with Gasteiger partial charge in [0.05, 0.1) is 17.4 Å². The molecular weight excluding hydrogens is 611 g/mol. The fourth-order valence-corrected chi connectivity index (χ4v) is 4.77. The van der Waals surface area contributed by atoms with Crippen molar-refractivity contribution in [3.8, 4) is 5.69 Å². The number of alkyl halides is 3. The lowest BCUT2D eigenvalue weighted by molar-refractivity contribution is -0.137. The SMILES string of the molecule is CC(C)(C)OC(=O)N1Cc2ccccc2C1.CCC(NC(=O)c1cccc(C(F)(F)F)c1)C(=O)Nc1c(C)cnn1-c1ccccc1. The number of anilines is 1. The third-order valence-corrected chi connectivity index (χ3v) is 7.17. The zero-order chi connectivity index (χ0) is 34.4. The molecule has 0 saturated carbocycles. The molecule has 1 atom stereocenters. The van der Waals surface area contributed by atoms with Crippen molar-refractivity contribution in [3.63, 3.8) is 0 Å². The Bertz CT molecular complexity index is 1690. The number of nitrogens with one attached hydrogen (secondary N) is 2. The van der Waals surface area contributed by atoms with E-state index in [1.54, 1.807) is 29.6 Å². The number of para-hydroxylation sites is 1. The second-order valence-corrected chi connectivity index (χ2v) is 12.0. The van der Waals surface area contributed by atoms with Gasteiger partial charge in [-0.3, -0.25) is 14.5 Å². The molecule has 3 aromatic carbocycles. The van der Waals surface area contributed by atoms with Crippen LogP contribution in [0, 0.1) is 6.92 Å². The quantitative estimate of drug-likeness (QED) is 0.228. The Morgan fingerprint density at radius 1 is 0.915 bits per heavy atom. The van der Waals surface area contributed by atoms with Crippen molar-refractivity contribution in [1.82, 2.24) is 20.0 Å². The van der Waals surface area contributed by atoms with Gasteiger partial charge in [-0.2, -0.15) is 18.3 Å². The highest BCUT2D eigenvalue weighted by molar-refractivity contribution is 6.01. The number of aromatic nitrogens is 2. The molecule has 1 aromatic heterocycles. The van der Waals surface area contributed by atoms with Crippen LogP contribution in [0.4, 0.5) is 23.8 Å². The smallest absolute Gasteiger partial charge is 0.416 e. The highest BCUT2D eigenvalue weighted by Crippen LogP contribution is 2.29. The van der Waals surface area contributed by atoms with Crippen LogP contribution >= 0.6 is 0 Å². The molecular formula is C35H38F3N5O4. The second kappa shape index (κ2) is 14.5. The molecule has 248 valence electrons. The standard InChI is InChI=1S/C22H21F3N4O2.C13H17NO2/c1-3-18(27-20(30)15-8-7-9-16(12-15)22(23,24)25)21(31)28-19-14(2)13-26-29(19)17-10-5-4-6-11-17;1-13(2,3)16-12(15)14-8-10-6-4-5-7-11(10)9-14/h4-13,18H,3H2,1-2H3,(H,27,30)(H,28,31);4-7H,8-9H2,1-3H3. The second-order valence-electron chi connectivity index (χ2n) is 12.0. The average Bonchev–Trinajstić information content (AvgIpc) is 3.63. The van der Waals surface area contributed by atoms with Crippen molar-refractivity contribution in [2.75, 3.05) is 5.32 Å². The number of aryl methyl sites for hydroxylation is 1. The van der Waals surface area contributed by atoms with E-state index in [0.29, 0.717) is 18.9 Å². The van der Waals surface area contributed by atoms with Crippen LogP contribution in [0.3, 0.4) is 0 Å². The normalized spacial score (nSPS) is 13.1. The minimum Gasteiger partial charge on any atom is -0.444 e. The van der Waals surface area contributed by atoms with Gasteiger partial charge >= 0.3 is 12.3 Å². The molecule has 0 spiro atoms. The number of rotatable bonds is 6. The molecule has 9 nitrogen and oxygen atoms in total. The molecule has 2 N–H and O–H groups in total. The Morgan fingerprint density at radius 2 is 1.53 bits per heavy atom. The molecule has 0 bridgehead atoms. The lowest BCUT2D eigenvalue weighted by Crippen LogP contribution is -2.43. The van der Waals surface area contributed by atoms with Crippen molar-refractivity contribution in [1.29, 1.82) is 0 Å². The van der Waals surface area contributed by atoms with Crippen molar-refractivity contribution in [2.24, 2.45) is 0 Å². The van der Waals surface area contributed by atoms with E-state index in [1.165, 1.54) is 17.2 Å². The van der Waals surface area contributed by atoms with Gasteiger partial charge in [0.15, 0.2) is 0 Å². The summed E-state index contributed by atoms with van der Waals surface area (Å²) < 4.78 is 45.6.